The summed E-state index contributed by atoms with van der Waals surface area (Å²) in [6, 6.07) is 11.8. The summed E-state index contributed by atoms with van der Waals surface area (Å²) in [5, 5.41) is 0. The average Bonchev–Trinajstić information content (AvgIpc) is 2.70. The van der Waals surface area contributed by atoms with Gasteiger partial charge in [-0.2, -0.15) is 8.42 Å². The van der Waals surface area contributed by atoms with Gasteiger partial charge in [0.15, 0.2) is 6.61 Å². The van der Waals surface area contributed by atoms with Crippen LogP contribution in [0.4, 0.5) is 4.39 Å². The lowest BCUT2D eigenvalue weighted by atomic mass is 10.1. The molecule has 30 heavy (non-hydrogen) atoms. The summed E-state index contributed by atoms with van der Waals surface area (Å²) in [6.45, 7) is 5.77. The Hall–Kier alpha value is -2.49. The maximum Gasteiger partial charge on any atom is 0.294 e. The Morgan fingerprint density at radius 3 is 2.30 bits per heavy atom. The first-order valence-electron chi connectivity index (χ1n) is 9.62. The highest BCUT2D eigenvalue weighted by molar-refractivity contribution is 7.85. The van der Waals surface area contributed by atoms with Crippen LogP contribution in [0.15, 0.2) is 53.4 Å². The van der Waals surface area contributed by atoms with Crippen molar-refractivity contribution in [1.29, 1.82) is 0 Å². The van der Waals surface area contributed by atoms with Gasteiger partial charge in [0.25, 0.3) is 16.0 Å². The molecule has 1 aliphatic rings. The van der Waals surface area contributed by atoms with Gasteiger partial charge in [-0.1, -0.05) is 12.1 Å². The minimum absolute atomic E-state index is 0.0142. The zero-order valence-corrected chi connectivity index (χ0v) is 17.7. The maximum absolute atomic E-state index is 13.1. The molecule has 0 unspecified atom stereocenters. The molecule has 162 valence electrons. The molecule has 1 amide bonds. The van der Waals surface area contributed by atoms with E-state index in [0.717, 1.165) is 5.56 Å². The topological polar surface area (TPSA) is 87.2 Å². The molecule has 2 aromatic carbocycles. The molecule has 2 aromatic rings. The lowest BCUT2D eigenvalue weighted by Crippen LogP contribution is -2.58. The molecule has 1 N–H and O–H groups in total. The zero-order valence-electron chi connectivity index (χ0n) is 16.9. The molecule has 1 saturated heterocycles. The van der Waals surface area contributed by atoms with Crippen LogP contribution in [0.5, 0.6) is 5.75 Å². The quantitative estimate of drug-likeness (QED) is 0.701. The molecule has 1 fully saturated rings. The third-order valence-corrected chi connectivity index (χ3v) is 6.09. The van der Waals surface area contributed by atoms with Crippen molar-refractivity contribution in [2.24, 2.45) is 0 Å². The first-order valence-corrected chi connectivity index (χ1v) is 11.1. The molecular formula is C21H25FN2O5S. The Labute approximate surface area is 175 Å². The van der Waals surface area contributed by atoms with Gasteiger partial charge in [0.05, 0.1) is 4.90 Å². The van der Waals surface area contributed by atoms with Crippen LogP contribution in [0.1, 0.15) is 19.4 Å². The highest BCUT2D eigenvalue weighted by atomic mass is 32.2. The molecule has 0 aliphatic carbocycles. The molecule has 1 aliphatic heterocycles. The van der Waals surface area contributed by atoms with Crippen molar-refractivity contribution in [1.82, 2.24) is 9.80 Å². The lowest BCUT2D eigenvalue weighted by molar-refractivity contribution is -0.139. The van der Waals surface area contributed by atoms with Crippen LogP contribution in [-0.4, -0.2) is 60.5 Å². The van der Waals surface area contributed by atoms with Crippen molar-refractivity contribution in [2.75, 3.05) is 19.7 Å². The highest BCUT2D eigenvalue weighted by Gasteiger charge is 2.32. The van der Waals surface area contributed by atoms with Crippen molar-refractivity contribution in [2.45, 2.75) is 37.4 Å². The summed E-state index contributed by atoms with van der Waals surface area (Å²) in [6.07, 6.45) is 0. The summed E-state index contributed by atoms with van der Waals surface area (Å²) in [5.41, 5.74) is 1.02. The fraction of sp³-hybridized carbons (Fsp3) is 0.381. The summed E-state index contributed by atoms with van der Waals surface area (Å²) < 4.78 is 49.7. The number of benzene rings is 2. The number of nitrogens with zero attached hydrogens (tertiary/aromatic N) is 2. The third kappa shape index (κ3) is 5.56. The van der Waals surface area contributed by atoms with Crippen molar-refractivity contribution in [3.63, 3.8) is 0 Å². The Balaban J connectivity index is 1.55. The first-order chi connectivity index (χ1) is 14.1. The molecule has 0 aromatic heterocycles. The van der Waals surface area contributed by atoms with E-state index in [9.17, 15) is 17.6 Å². The van der Waals surface area contributed by atoms with E-state index in [4.69, 9.17) is 9.29 Å². The predicted molar refractivity (Wildman–Crippen MR) is 109 cm³/mol. The fourth-order valence-corrected chi connectivity index (χ4v) is 4.01. The molecular weight excluding hydrogens is 411 g/mol. The van der Waals surface area contributed by atoms with Crippen LogP contribution in [0.2, 0.25) is 0 Å². The number of ether oxygens (including phenoxy) is 1. The van der Waals surface area contributed by atoms with Gasteiger partial charge in [-0.15, -0.1) is 0 Å². The first kappa shape index (κ1) is 22.2. The van der Waals surface area contributed by atoms with Gasteiger partial charge in [-0.05, 0) is 55.8 Å². The van der Waals surface area contributed by atoms with Crippen LogP contribution in [0.25, 0.3) is 0 Å². The summed E-state index contributed by atoms with van der Waals surface area (Å²) in [5.74, 6) is -0.0794. The molecule has 0 bridgehead atoms. The second-order valence-electron chi connectivity index (χ2n) is 7.54. The van der Waals surface area contributed by atoms with E-state index in [1.807, 2.05) is 13.8 Å². The van der Waals surface area contributed by atoms with Crippen LogP contribution >= 0.6 is 0 Å². The summed E-state index contributed by atoms with van der Waals surface area (Å²) in [7, 11) is -4.27. The van der Waals surface area contributed by atoms with Crippen molar-refractivity contribution in [3.05, 3.63) is 59.9 Å². The fourth-order valence-electron chi connectivity index (χ4n) is 3.53. The highest BCUT2D eigenvalue weighted by Crippen LogP contribution is 2.20. The van der Waals surface area contributed by atoms with E-state index >= 15 is 0 Å². The molecule has 7 nitrogen and oxygen atoms in total. The van der Waals surface area contributed by atoms with Crippen LogP contribution in [0, 0.1) is 5.82 Å². The molecule has 0 saturated carbocycles. The van der Waals surface area contributed by atoms with Gasteiger partial charge < -0.3 is 9.64 Å². The van der Waals surface area contributed by atoms with Crippen molar-refractivity contribution < 1.29 is 26.9 Å². The number of rotatable bonds is 6. The second-order valence-corrected chi connectivity index (χ2v) is 8.96. The van der Waals surface area contributed by atoms with E-state index in [-0.39, 0.29) is 35.3 Å². The van der Waals surface area contributed by atoms with Crippen LogP contribution in [0.3, 0.4) is 0 Å². The number of carbonyl (C=O) groups excluding carboxylic acids is 1. The van der Waals surface area contributed by atoms with Crippen molar-refractivity contribution >= 4 is 16.0 Å². The largest absolute Gasteiger partial charge is 0.484 e. The van der Waals surface area contributed by atoms with Gasteiger partial charge >= 0.3 is 0 Å². The smallest absolute Gasteiger partial charge is 0.294 e. The molecule has 0 radical (unpaired) electrons. The minimum atomic E-state index is -4.27. The monoisotopic (exact) mass is 436 g/mol. The number of amides is 1. The predicted octanol–water partition coefficient (Wildman–Crippen LogP) is 2.57. The van der Waals surface area contributed by atoms with Crippen molar-refractivity contribution in [3.8, 4) is 5.75 Å². The normalized spacial score (nSPS) is 20.2. The summed E-state index contributed by atoms with van der Waals surface area (Å²) in [4.78, 5) is 16.5. The van der Waals surface area contributed by atoms with Gasteiger partial charge in [0.2, 0.25) is 0 Å². The lowest BCUT2D eigenvalue weighted by Gasteiger charge is -2.44. The Kier molecular flexibility index (Phi) is 6.74. The maximum atomic E-state index is 13.1. The molecule has 9 heteroatoms. The van der Waals surface area contributed by atoms with Gasteiger partial charge in [0, 0.05) is 31.7 Å². The number of piperazine rings is 1. The number of hydrogen-bond donors (Lipinski definition) is 1. The van der Waals surface area contributed by atoms with Gasteiger partial charge in [-0.3, -0.25) is 14.2 Å². The Bertz CT molecular complexity index is 979. The Morgan fingerprint density at radius 2 is 1.70 bits per heavy atom. The Morgan fingerprint density at radius 1 is 1.07 bits per heavy atom. The molecule has 1 heterocycles. The molecule has 3 rings (SSSR count). The molecule has 0 spiro atoms. The van der Waals surface area contributed by atoms with Crippen LogP contribution in [-0.2, 0) is 21.5 Å². The van der Waals surface area contributed by atoms with E-state index in [1.54, 1.807) is 17.0 Å². The van der Waals surface area contributed by atoms with E-state index in [1.165, 1.54) is 36.4 Å². The van der Waals surface area contributed by atoms with Gasteiger partial charge in [0.1, 0.15) is 11.6 Å². The summed E-state index contributed by atoms with van der Waals surface area (Å²) >= 11 is 0. The molecule has 2 atom stereocenters. The second kappa shape index (κ2) is 9.11. The number of halogens is 1. The van der Waals surface area contributed by atoms with Crippen LogP contribution < -0.4 is 4.74 Å². The van der Waals surface area contributed by atoms with Gasteiger partial charge in [-0.25, -0.2) is 4.39 Å². The van der Waals surface area contributed by atoms with E-state index in [2.05, 4.69) is 4.90 Å². The average molecular weight is 437 g/mol. The SMILES string of the molecule is C[C@@H]1CN(Cc2ccc(F)cc2)[C@@H](C)CN1C(=O)COc1ccc(S(=O)(=O)O)cc1. The zero-order chi connectivity index (χ0) is 21.9. The van der Waals surface area contributed by atoms with E-state index < -0.39 is 10.1 Å². The number of carbonyl (C=O) groups is 1. The third-order valence-electron chi connectivity index (χ3n) is 5.22. The standard InChI is InChI=1S/C21H25FN2O5S/c1-15-12-24(16(2)11-23(15)13-17-3-5-18(22)6-4-17)21(25)14-29-19-7-9-20(10-8-19)30(26,27)28/h3-10,15-16H,11-14H2,1-2H3,(H,26,27,28)/t15-,16+/m0/s1. The van der Waals surface area contributed by atoms with E-state index in [0.29, 0.717) is 25.4 Å². The minimum Gasteiger partial charge on any atom is -0.484 e. The number of hydrogen-bond acceptors (Lipinski definition) is 5.